The Kier molecular flexibility index (Phi) is 6.18. The second-order valence-corrected chi connectivity index (χ2v) is 4.76. The Labute approximate surface area is 130 Å². The lowest BCUT2D eigenvalue weighted by atomic mass is 10.2. The Bertz CT molecular complexity index is 624. The van der Waals surface area contributed by atoms with Crippen LogP contribution in [0.15, 0.2) is 54.7 Å². The van der Waals surface area contributed by atoms with Gasteiger partial charge >= 0.3 is 0 Å². The van der Waals surface area contributed by atoms with Crippen LogP contribution in [0.1, 0.15) is 24.6 Å². The van der Waals surface area contributed by atoms with E-state index < -0.39 is 0 Å². The maximum atomic E-state index is 11.8. The molecule has 0 saturated heterocycles. The highest BCUT2D eigenvalue weighted by molar-refractivity contribution is 5.92. The molecule has 114 valence electrons. The Morgan fingerprint density at radius 2 is 2.05 bits per heavy atom. The van der Waals surface area contributed by atoms with Crippen LogP contribution < -0.4 is 10.1 Å². The number of nitrogens with one attached hydrogen (secondary N) is 1. The number of para-hydroxylation sites is 1. The minimum Gasteiger partial charge on any atom is -0.493 e. The number of carbonyl (C=O) groups excluding carboxylic acids is 1. The van der Waals surface area contributed by atoms with Crippen LogP contribution in [0.2, 0.25) is 0 Å². The summed E-state index contributed by atoms with van der Waals surface area (Å²) in [6.45, 7) is 3.14. The minimum absolute atomic E-state index is 0.157. The zero-order chi connectivity index (χ0) is 15.6. The number of ether oxygens (including phenoxy) is 1. The van der Waals surface area contributed by atoms with Gasteiger partial charge in [0.1, 0.15) is 5.75 Å². The summed E-state index contributed by atoms with van der Waals surface area (Å²) in [6.07, 6.45) is 5.93. The first-order chi connectivity index (χ1) is 10.8. The van der Waals surface area contributed by atoms with E-state index in [1.54, 1.807) is 12.3 Å². The van der Waals surface area contributed by atoms with Gasteiger partial charge in [0.2, 0.25) is 5.91 Å². The molecule has 4 nitrogen and oxygen atoms in total. The van der Waals surface area contributed by atoms with Crippen molar-refractivity contribution in [2.45, 2.75) is 19.9 Å². The summed E-state index contributed by atoms with van der Waals surface area (Å²) in [5.74, 6) is 0.633. The molecule has 1 amide bonds. The van der Waals surface area contributed by atoms with Crippen molar-refractivity contribution in [2.24, 2.45) is 0 Å². The first-order valence-electron chi connectivity index (χ1n) is 7.37. The average molecular weight is 296 g/mol. The van der Waals surface area contributed by atoms with Gasteiger partial charge < -0.3 is 10.1 Å². The van der Waals surface area contributed by atoms with Gasteiger partial charge in [-0.1, -0.05) is 31.2 Å². The molecule has 22 heavy (non-hydrogen) atoms. The predicted molar refractivity (Wildman–Crippen MR) is 87.3 cm³/mol. The van der Waals surface area contributed by atoms with Crippen LogP contribution in [0, 0.1) is 0 Å². The van der Waals surface area contributed by atoms with Crippen molar-refractivity contribution < 1.29 is 9.53 Å². The van der Waals surface area contributed by atoms with E-state index in [4.69, 9.17) is 4.74 Å². The topological polar surface area (TPSA) is 51.2 Å². The van der Waals surface area contributed by atoms with Crippen molar-refractivity contribution >= 4 is 12.0 Å². The lowest BCUT2D eigenvalue weighted by Crippen LogP contribution is -2.20. The zero-order valence-electron chi connectivity index (χ0n) is 12.7. The average Bonchev–Trinajstić information content (AvgIpc) is 2.58. The SMILES string of the molecule is CCCOc1ccccc1/C=C/C(=O)NCc1ccccn1. The Balaban J connectivity index is 1.92. The van der Waals surface area contributed by atoms with Gasteiger partial charge in [-0.25, -0.2) is 0 Å². The molecular weight excluding hydrogens is 276 g/mol. The van der Waals surface area contributed by atoms with Crippen LogP contribution in [-0.4, -0.2) is 17.5 Å². The van der Waals surface area contributed by atoms with Crippen LogP contribution in [0.4, 0.5) is 0 Å². The van der Waals surface area contributed by atoms with Gasteiger partial charge in [-0.3, -0.25) is 9.78 Å². The fourth-order valence-electron chi connectivity index (χ4n) is 1.87. The van der Waals surface area contributed by atoms with Crippen LogP contribution in [-0.2, 0) is 11.3 Å². The third-order valence-electron chi connectivity index (χ3n) is 2.96. The highest BCUT2D eigenvalue weighted by Crippen LogP contribution is 2.19. The number of amides is 1. The zero-order valence-corrected chi connectivity index (χ0v) is 12.7. The number of hydrogen-bond donors (Lipinski definition) is 1. The summed E-state index contributed by atoms with van der Waals surface area (Å²) >= 11 is 0. The van der Waals surface area contributed by atoms with E-state index in [1.807, 2.05) is 42.5 Å². The molecule has 1 heterocycles. The molecule has 1 aromatic carbocycles. The number of carbonyl (C=O) groups is 1. The van der Waals surface area contributed by atoms with Crippen molar-refractivity contribution in [1.29, 1.82) is 0 Å². The smallest absolute Gasteiger partial charge is 0.244 e. The van der Waals surface area contributed by atoms with Crippen molar-refractivity contribution in [2.75, 3.05) is 6.61 Å². The van der Waals surface area contributed by atoms with Gasteiger partial charge in [-0.2, -0.15) is 0 Å². The molecule has 0 unspecified atom stereocenters. The molecule has 2 rings (SSSR count). The largest absolute Gasteiger partial charge is 0.493 e. The van der Waals surface area contributed by atoms with Crippen LogP contribution in [0.3, 0.4) is 0 Å². The molecular formula is C18H20N2O2. The number of aromatic nitrogens is 1. The van der Waals surface area contributed by atoms with Crippen LogP contribution in [0.25, 0.3) is 6.08 Å². The number of pyridine rings is 1. The molecule has 0 aliphatic rings. The lowest BCUT2D eigenvalue weighted by Gasteiger charge is -2.07. The molecule has 0 aliphatic heterocycles. The fourth-order valence-corrected chi connectivity index (χ4v) is 1.87. The molecule has 0 atom stereocenters. The van der Waals surface area contributed by atoms with Gasteiger partial charge in [-0.05, 0) is 30.7 Å². The second-order valence-electron chi connectivity index (χ2n) is 4.76. The highest BCUT2D eigenvalue weighted by atomic mass is 16.5. The van der Waals surface area contributed by atoms with Crippen molar-refractivity contribution in [3.8, 4) is 5.75 Å². The van der Waals surface area contributed by atoms with E-state index >= 15 is 0 Å². The highest BCUT2D eigenvalue weighted by Gasteiger charge is 2.01. The van der Waals surface area contributed by atoms with Gasteiger partial charge in [0, 0.05) is 17.8 Å². The molecule has 1 N–H and O–H groups in total. The molecule has 0 aliphatic carbocycles. The fraction of sp³-hybridized carbons (Fsp3) is 0.222. The third-order valence-corrected chi connectivity index (χ3v) is 2.96. The summed E-state index contributed by atoms with van der Waals surface area (Å²) < 4.78 is 5.65. The first kappa shape index (κ1) is 15.8. The maximum absolute atomic E-state index is 11.8. The maximum Gasteiger partial charge on any atom is 0.244 e. The van der Waals surface area contributed by atoms with E-state index in [0.717, 1.165) is 23.4 Å². The van der Waals surface area contributed by atoms with E-state index in [9.17, 15) is 4.79 Å². The van der Waals surface area contributed by atoms with Gasteiger partial charge in [0.25, 0.3) is 0 Å². The summed E-state index contributed by atoms with van der Waals surface area (Å²) in [6, 6.07) is 13.3. The molecule has 0 bridgehead atoms. The minimum atomic E-state index is -0.157. The molecule has 2 aromatic rings. The summed E-state index contributed by atoms with van der Waals surface area (Å²) in [5, 5.41) is 2.80. The molecule has 0 spiro atoms. The summed E-state index contributed by atoms with van der Waals surface area (Å²) in [4.78, 5) is 16.0. The van der Waals surface area contributed by atoms with Crippen LogP contribution in [0.5, 0.6) is 5.75 Å². The number of benzene rings is 1. The van der Waals surface area contributed by atoms with Gasteiger partial charge in [0.05, 0.1) is 18.8 Å². The van der Waals surface area contributed by atoms with Crippen molar-refractivity contribution in [1.82, 2.24) is 10.3 Å². The second kappa shape index (κ2) is 8.62. The first-order valence-corrected chi connectivity index (χ1v) is 7.37. The van der Waals surface area contributed by atoms with E-state index in [0.29, 0.717) is 13.2 Å². The molecule has 0 radical (unpaired) electrons. The van der Waals surface area contributed by atoms with E-state index in [-0.39, 0.29) is 5.91 Å². The molecule has 4 heteroatoms. The standard InChI is InChI=1S/C18H20N2O2/c1-2-13-22-17-9-4-3-7-15(17)10-11-18(21)20-14-16-8-5-6-12-19-16/h3-12H,2,13-14H2,1H3,(H,20,21)/b11-10+. The lowest BCUT2D eigenvalue weighted by molar-refractivity contribution is -0.116. The number of rotatable bonds is 7. The molecule has 1 aromatic heterocycles. The number of nitrogens with zero attached hydrogens (tertiary/aromatic N) is 1. The normalized spacial score (nSPS) is 10.6. The summed E-state index contributed by atoms with van der Waals surface area (Å²) in [7, 11) is 0. The van der Waals surface area contributed by atoms with E-state index in [2.05, 4.69) is 17.2 Å². The monoisotopic (exact) mass is 296 g/mol. The quantitative estimate of drug-likeness (QED) is 0.798. The van der Waals surface area contributed by atoms with Gasteiger partial charge in [-0.15, -0.1) is 0 Å². The number of hydrogen-bond acceptors (Lipinski definition) is 3. The molecule has 0 saturated carbocycles. The van der Waals surface area contributed by atoms with E-state index in [1.165, 1.54) is 6.08 Å². The van der Waals surface area contributed by atoms with Crippen molar-refractivity contribution in [3.05, 3.63) is 66.0 Å². The Hall–Kier alpha value is -2.62. The summed E-state index contributed by atoms with van der Waals surface area (Å²) in [5.41, 5.74) is 1.72. The van der Waals surface area contributed by atoms with Gasteiger partial charge in [0.15, 0.2) is 0 Å². The van der Waals surface area contributed by atoms with Crippen LogP contribution >= 0.6 is 0 Å². The third kappa shape index (κ3) is 5.05. The predicted octanol–water partition coefficient (Wildman–Crippen LogP) is 3.20. The van der Waals surface area contributed by atoms with Crippen molar-refractivity contribution in [3.63, 3.8) is 0 Å². The Morgan fingerprint density at radius 1 is 1.23 bits per heavy atom. The molecule has 0 fully saturated rings. The Morgan fingerprint density at radius 3 is 2.82 bits per heavy atom.